The van der Waals surface area contributed by atoms with Crippen LogP contribution in [0.3, 0.4) is 0 Å². The van der Waals surface area contributed by atoms with E-state index in [2.05, 4.69) is 0 Å². The lowest BCUT2D eigenvalue weighted by Gasteiger charge is -2.15. The van der Waals surface area contributed by atoms with Gasteiger partial charge in [-0.05, 0) is 31.5 Å². The van der Waals surface area contributed by atoms with E-state index < -0.39 is 5.41 Å². The molecule has 2 rings (SSSR count). The van der Waals surface area contributed by atoms with Gasteiger partial charge >= 0.3 is 0 Å². The van der Waals surface area contributed by atoms with Gasteiger partial charge < -0.3 is 9.36 Å². The molecule has 0 fully saturated rings. The van der Waals surface area contributed by atoms with E-state index in [0.29, 0.717) is 5.02 Å². The van der Waals surface area contributed by atoms with Gasteiger partial charge in [-0.3, -0.25) is 0 Å². The highest BCUT2D eigenvalue weighted by Crippen LogP contribution is 2.31. The van der Waals surface area contributed by atoms with E-state index in [4.69, 9.17) is 11.6 Å². The summed E-state index contributed by atoms with van der Waals surface area (Å²) < 4.78 is 2.00. The number of aldehydes is 1. The Morgan fingerprint density at radius 3 is 2.69 bits per heavy atom. The van der Waals surface area contributed by atoms with Crippen LogP contribution in [0, 0.1) is 0 Å². The van der Waals surface area contributed by atoms with E-state index in [0.717, 1.165) is 22.8 Å². The molecule has 1 heterocycles. The molecule has 0 amide bonds. The van der Waals surface area contributed by atoms with E-state index in [1.807, 2.05) is 49.9 Å². The molecule has 0 aliphatic heterocycles. The Labute approximate surface area is 99.8 Å². The number of hydrogen-bond donors (Lipinski definition) is 0. The Morgan fingerprint density at radius 1 is 1.38 bits per heavy atom. The van der Waals surface area contributed by atoms with Crippen LogP contribution in [0.25, 0.3) is 10.9 Å². The molecule has 0 spiro atoms. The molecule has 0 bridgehead atoms. The maximum absolute atomic E-state index is 11.1. The Bertz CT molecular complexity index is 554. The zero-order valence-corrected chi connectivity index (χ0v) is 10.4. The van der Waals surface area contributed by atoms with Crippen molar-refractivity contribution in [3.05, 3.63) is 35.0 Å². The van der Waals surface area contributed by atoms with Gasteiger partial charge in [0.05, 0.1) is 0 Å². The van der Waals surface area contributed by atoms with Gasteiger partial charge in [0, 0.05) is 34.6 Å². The number of rotatable bonds is 2. The largest absolute Gasteiger partial charge is 0.350 e. The molecule has 0 atom stereocenters. The van der Waals surface area contributed by atoms with Gasteiger partial charge in [-0.15, -0.1) is 0 Å². The van der Waals surface area contributed by atoms with E-state index in [-0.39, 0.29) is 0 Å². The molecule has 0 saturated heterocycles. The molecule has 2 nitrogen and oxygen atoms in total. The molecular formula is C13H14ClNO. The predicted molar refractivity (Wildman–Crippen MR) is 67.0 cm³/mol. The number of fused-ring (bicyclic) bond motifs is 1. The molecule has 1 aromatic carbocycles. The fourth-order valence-corrected chi connectivity index (χ4v) is 2.10. The van der Waals surface area contributed by atoms with E-state index in [1.165, 1.54) is 0 Å². The minimum Gasteiger partial charge on any atom is -0.350 e. The van der Waals surface area contributed by atoms with Crippen molar-refractivity contribution in [2.24, 2.45) is 7.05 Å². The van der Waals surface area contributed by atoms with Crippen LogP contribution in [-0.4, -0.2) is 10.9 Å². The van der Waals surface area contributed by atoms with Crippen LogP contribution in [0.5, 0.6) is 0 Å². The zero-order valence-electron chi connectivity index (χ0n) is 9.62. The number of aromatic nitrogens is 1. The molecule has 0 radical (unpaired) electrons. The summed E-state index contributed by atoms with van der Waals surface area (Å²) in [5, 5.41) is 1.80. The first-order valence-corrected chi connectivity index (χ1v) is 5.55. The lowest BCUT2D eigenvalue weighted by molar-refractivity contribution is -0.111. The summed E-state index contributed by atoms with van der Waals surface area (Å²) in [7, 11) is 1.96. The summed E-state index contributed by atoms with van der Waals surface area (Å²) in [6.45, 7) is 3.84. The second kappa shape index (κ2) is 3.63. The van der Waals surface area contributed by atoms with Crippen molar-refractivity contribution in [1.82, 2.24) is 4.57 Å². The number of aryl methyl sites for hydroxylation is 1. The first-order valence-electron chi connectivity index (χ1n) is 5.17. The molecule has 3 heteroatoms. The number of benzene rings is 1. The molecule has 0 aliphatic carbocycles. The normalized spacial score (nSPS) is 12.0. The van der Waals surface area contributed by atoms with Crippen molar-refractivity contribution in [2.75, 3.05) is 0 Å². The van der Waals surface area contributed by atoms with Crippen LogP contribution in [0.1, 0.15) is 19.4 Å². The summed E-state index contributed by atoms with van der Waals surface area (Å²) in [5.74, 6) is 0. The van der Waals surface area contributed by atoms with Crippen molar-refractivity contribution in [3.8, 4) is 0 Å². The number of nitrogens with zero attached hydrogens (tertiary/aromatic N) is 1. The first-order chi connectivity index (χ1) is 7.45. The quantitative estimate of drug-likeness (QED) is 0.732. The van der Waals surface area contributed by atoms with Gasteiger partial charge in [0.25, 0.3) is 0 Å². The maximum Gasteiger partial charge on any atom is 0.130 e. The molecule has 2 aromatic rings. The maximum atomic E-state index is 11.1. The van der Waals surface area contributed by atoms with Gasteiger partial charge in [0.15, 0.2) is 0 Å². The van der Waals surface area contributed by atoms with Gasteiger partial charge in [-0.2, -0.15) is 0 Å². The molecule has 0 aliphatic rings. The second-order valence-corrected chi connectivity index (χ2v) is 5.09. The van der Waals surface area contributed by atoms with Crippen molar-refractivity contribution in [3.63, 3.8) is 0 Å². The number of carbonyl (C=O) groups excluding carboxylic acids is 1. The van der Waals surface area contributed by atoms with Crippen LogP contribution < -0.4 is 0 Å². The van der Waals surface area contributed by atoms with Crippen LogP contribution >= 0.6 is 11.6 Å². The number of hydrogen-bond acceptors (Lipinski definition) is 1. The van der Waals surface area contributed by atoms with Gasteiger partial charge in [-0.1, -0.05) is 17.7 Å². The fraction of sp³-hybridized carbons (Fsp3) is 0.308. The third-order valence-electron chi connectivity index (χ3n) is 2.94. The van der Waals surface area contributed by atoms with Crippen molar-refractivity contribution >= 4 is 28.8 Å². The monoisotopic (exact) mass is 235 g/mol. The van der Waals surface area contributed by atoms with Crippen LogP contribution in [0.4, 0.5) is 0 Å². The average molecular weight is 236 g/mol. The minimum atomic E-state index is -0.465. The number of carbonyl (C=O) groups is 1. The average Bonchev–Trinajstić information content (AvgIpc) is 2.57. The van der Waals surface area contributed by atoms with Gasteiger partial charge in [0.2, 0.25) is 0 Å². The molecular weight excluding hydrogens is 222 g/mol. The van der Waals surface area contributed by atoms with E-state index >= 15 is 0 Å². The van der Waals surface area contributed by atoms with E-state index in [9.17, 15) is 4.79 Å². The SMILES string of the molecule is Cn1cc(C(C)(C)C=O)c2ccc(Cl)cc21. The molecule has 1 aromatic heterocycles. The first kappa shape index (κ1) is 11.2. The molecule has 0 N–H and O–H groups in total. The predicted octanol–water partition coefficient (Wildman–Crippen LogP) is 3.31. The standard InChI is InChI=1S/C13H14ClNO/c1-13(2,8-16)11-7-15(3)12-6-9(14)4-5-10(11)12/h4-8H,1-3H3. The van der Waals surface area contributed by atoms with Crippen molar-refractivity contribution in [2.45, 2.75) is 19.3 Å². The summed E-state index contributed by atoms with van der Waals surface area (Å²) in [4.78, 5) is 11.1. The smallest absolute Gasteiger partial charge is 0.130 e. The second-order valence-electron chi connectivity index (χ2n) is 4.65. The lowest BCUT2D eigenvalue weighted by Crippen LogP contribution is -2.18. The highest BCUT2D eigenvalue weighted by molar-refractivity contribution is 6.31. The minimum absolute atomic E-state index is 0.465. The fourth-order valence-electron chi connectivity index (χ4n) is 1.93. The molecule has 0 saturated carbocycles. The summed E-state index contributed by atoms with van der Waals surface area (Å²) in [6.07, 6.45) is 2.98. The molecule has 0 unspecified atom stereocenters. The van der Waals surface area contributed by atoms with Gasteiger partial charge in [-0.25, -0.2) is 0 Å². The van der Waals surface area contributed by atoms with Crippen molar-refractivity contribution < 1.29 is 4.79 Å². The van der Waals surface area contributed by atoms with Crippen molar-refractivity contribution in [1.29, 1.82) is 0 Å². The topological polar surface area (TPSA) is 22.0 Å². The summed E-state index contributed by atoms with van der Waals surface area (Å²) in [5.41, 5.74) is 1.63. The van der Waals surface area contributed by atoms with Gasteiger partial charge in [0.1, 0.15) is 6.29 Å². The third-order valence-corrected chi connectivity index (χ3v) is 3.18. The highest BCUT2D eigenvalue weighted by atomic mass is 35.5. The lowest BCUT2D eigenvalue weighted by atomic mass is 9.86. The Kier molecular flexibility index (Phi) is 2.55. The number of halogens is 1. The Hall–Kier alpha value is -1.28. The highest BCUT2D eigenvalue weighted by Gasteiger charge is 2.23. The molecule has 16 heavy (non-hydrogen) atoms. The zero-order chi connectivity index (χ0) is 11.9. The third kappa shape index (κ3) is 1.63. The summed E-state index contributed by atoms with van der Waals surface area (Å²) in [6, 6.07) is 5.74. The summed E-state index contributed by atoms with van der Waals surface area (Å²) >= 11 is 5.97. The Balaban J connectivity index is 2.78. The Morgan fingerprint density at radius 2 is 2.06 bits per heavy atom. The molecule has 84 valence electrons. The van der Waals surface area contributed by atoms with Crippen LogP contribution in [-0.2, 0) is 17.3 Å². The van der Waals surface area contributed by atoms with E-state index in [1.54, 1.807) is 0 Å². The van der Waals surface area contributed by atoms with Crippen LogP contribution in [0.2, 0.25) is 5.02 Å². The van der Waals surface area contributed by atoms with Crippen LogP contribution in [0.15, 0.2) is 24.4 Å².